The van der Waals surface area contributed by atoms with Crippen molar-refractivity contribution in [1.82, 2.24) is 0 Å². The molecule has 0 saturated carbocycles. The first kappa shape index (κ1) is 29.9. The minimum absolute atomic E-state index is 0.0374. The van der Waals surface area contributed by atoms with E-state index in [0.29, 0.717) is 13.2 Å². The molecule has 38 heavy (non-hydrogen) atoms. The summed E-state index contributed by atoms with van der Waals surface area (Å²) in [5.74, 6) is 0.225. The largest absolute Gasteiger partial charge is 0.461 e. The van der Waals surface area contributed by atoms with E-state index in [1.165, 1.54) is 28.5 Å². The van der Waals surface area contributed by atoms with Crippen molar-refractivity contribution >= 4 is 5.78 Å². The Hall–Kier alpha value is -2.63. The highest BCUT2D eigenvalue weighted by Gasteiger charge is 2.29. The van der Waals surface area contributed by atoms with E-state index >= 15 is 0 Å². The van der Waals surface area contributed by atoms with E-state index < -0.39 is 6.29 Å². The van der Waals surface area contributed by atoms with Gasteiger partial charge in [0, 0.05) is 0 Å². The first-order valence-corrected chi connectivity index (χ1v) is 13.7. The average molecular weight is 523 g/mol. The summed E-state index contributed by atoms with van der Waals surface area (Å²) in [4.78, 5) is 13.0. The number of ether oxygens (including phenoxy) is 4. The molecule has 0 radical (unpaired) electrons. The SMILES string of the molecule is CC(COC(OCC(C)Cc1ccc(C(C)(C)C)cc1)C(=O)C1=COCO1)Cc1ccc(C(C)(C)C)cc1. The molecule has 0 amide bonds. The number of rotatable bonds is 12. The van der Waals surface area contributed by atoms with Gasteiger partial charge in [0.2, 0.25) is 18.8 Å². The van der Waals surface area contributed by atoms with E-state index in [-0.39, 0.29) is 41.0 Å². The molecule has 0 aromatic heterocycles. The lowest BCUT2D eigenvalue weighted by molar-refractivity contribution is -0.175. The lowest BCUT2D eigenvalue weighted by atomic mass is 9.86. The fourth-order valence-corrected chi connectivity index (χ4v) is 4.39. The predicted molar refractivity (Wildman–Crippen MR) is 152 cm³/mol. The topological polar surface area (TPSA) is 54.0 Å². The van der Waals surface area contributed by atoms with Gasteiger partial charge in [0.1, 0.15) is 6.26 Å². The van der Waals surface area contributed by atoms with Crippen LogP contribution in [0.4, 0.5) is 0 Å². The van der Waals surface area contributed by atoms with Crippen molar-refractivity contribution in [2.45, 2.75) is 85.4 Å². The van der Waals surface area contributed by atoms with Crippen LogP contribution in [0.5, 0.6) is 0 Å². The minimum Gasteiger partial charge on any atom is -0.461 e. The monoisotopic (exact) mass is 522 g/mol. The van der Waals surface area contributed by atoms with Gasteiger partial charge in [-0.15, -0.1) is 0 Å². The Morgan fingerprint density at radius 1 is 0.763 bits per heavy atom. The van der Waals surface area contributed by atoms with Gasteiger partial charge in [0.05, 0.1) is 13.2 Å². The molecule has 208 valence electrons. The fourth-order valence-electron chi connectivity index (χ4n) is 4.39. The summed E-state index contributed by atoms with van der Waals surface area (Å²) >= 11 is 0. The van der Waals surface area contributed by atoms with E-state index in [2.05, 4.69) is 104 Å². The summed E-state index contributed by atoms with van der Waals surface area (Å²) in [6, 6.07) is 17.5. The lowest BCUT2D eigenvalue weighted by Gasteiger charge is -2.22. The average Bonchev–Trinajstić information content (AvgIpc) is 3.38. The summed E-state index contributed by atoms with van der Waals surface area (Å²) in [5, 5.41) is 0. The second-order valence-corrected chi connectivity index (χ2v) is 12.8. The van der Waals surface area contributed by atoms with E-state index in [4.69, 9.17) is 18.9 Å². The van der Waals surface area contributed by atoms with Crippen molar-refractivity contribution in [2.24, 2.45) is 11.8 Å². The number of Topliss-reactive ketones (excluding diaryl/α,β-unsaturated/α-hetero) is 1. The van der Waals surface area contributed by atoms with Crippen LogP contribution in [0, 0.1) is 11.8 Å². The smallest absolute Gasteiger partial charge is 0.256 e. The highest BCUT2D eigenvalue weighted by molar-refractivity contribution is 5.96. The first-order chi connectivity index (χ1) is 17.8. The van der Waals surface area contributed by atoms with E-state index in [1.807, 2.05) is 0 Å². The Bertz CT molecular complexity index is 985. The zero-order valence-corrected chi connectivity index (χ0v) is 24.5. The molecule has 0 aliphatic carbocycles. The van der Waals surface area contributed by atoms with Gasteiger partial charge in [-0.05, 0) is 57.8 Å². The maximum absolute atomic E-state index is 13.0. The van der Waals surface area contributed by atoms with Crippen molar-refractivity contribution in [1.29, 1.82) is 0 Å². The van der Waals surface area contributed by atoms with Crippen LogP contribution in [0.1, 0.15) is 77.6 Å². The maximum Gasteiger partial charge on any atom is 0.256 e. The van der Waals surface area contributed by atoms with Crippen LogP contribution < -0.4 is 0 Å². The second kappa shape index (κ2) is 12.9. The third-order valence-corrected chi connectivity index (χ3v) is 6.80. The van der Waals surface area contributed by atoms with Crippen LogP contribution in [-0.4, -0.2) is 32.1 Å². The van der Waals surface area contributed by atoms with Crippen LogP contribution in [0.15, 0.2) is 60.6 Å². The number of hydrogen-bond acceptors (Lipinski definition) is 5. The maximum atomic E-state index is 13.0. The molecule has 2 aromatic carbocycles. The van der Waals surface area contributed by atoms with Crippen molar-refractivity contribution in [3.05, 3.63) is 82.8 Å². The van der Waals surface area contributed by atoms with E-state index in [1.54, 1.807) is 0 Å². The second-order valence-electron chi connectivity index (χ2n) is 12.8. The van der Waals surface area contributed by atoms with Gasteiger partial charge in [-0.2, -0.15) is 0 Å². The number of hydrogen-bond donors (Lipinski definition) is 0. The predicted octanol–water partition coefficient (Wildman–Crippen LogP) is 7.11. The molecule has 2 aromatic rings. The Morgan fingerprint density at radius 2 is 1.18 bits per heavy atom. The number of ketones is 1. The van der Waals surface area contributed by atoms with Crippen molar-refractivity contribution in [2.75, 3.05) is 20.0 Å². The number of benzene rings is 2. The van der Waals surface area contributed by atoms with Gasteiger partial charge in [-0.25, -0.2) is 0 Å². The summed E-state index contributed by atoms with van der Waals surface area (Å²) in [6.45, 7) is 18.4. The normalized spacial score (nSPS) is 16.3. The molecule has 0 bridgehead atoms. The molecule has 0 fully saturated rings. The number of carbonyl (C=O) groups excluding carboxylic acids is 1. The van der Waals surface area contributed by atoms with Gasteiger partial charge in [-0.1, -0.05) is 104 Å². The van der Waals surface area contributed by atoms with Gasteiger partial charge in [-0.3, -0.25) is 4.79 Å². The molecule has 5 nitrogen and oxygen atoms in total. The standard InChI is InChI=1S/C33H46O5/c1-23(17-25-9-13-27(14-10-25)32(3,4)5)19-36-31(30(34)29-21-35-22-38-29)37-20-24(2)18-26-11-15-28(16-12-26)33(6,7)8/h9-16,21,23-24,31H,17-20,22H2,1-8H3. The van der Waals surface area contributed by atoms with Crippen molar-refractivity contribution in [3.8, 4) is 0 Å². The fraction of sp³-hybridized carbons (Fsp3) is 0.545. The van der Waals surface area contributed by atoms with Crippen molar-refractivity contribution < 1.29 is 23.7 Å². The molecule has 1 aliphatic heterocycles. The third kappa shape index (κ3) is 8.99. The summed E-state index contributed by atoms with van der Waals surface area (Å²) < 4.78 is 22.5. The molecule has 5 heteroatoms. The Kier molecular flexibility index (Phi) is 10.2. The molecule has 2 unspecified atom stereocenters. The van der Waals surface area contributed by atoms with Gasteiger partial charge < -0.3 is 18.9 Å². The Labute approximate surface area is 229 Å². The summed E-state index contributed by atoms with van der Waals surface area (Å²) in [7, 11) is 0. The molecular weight excluding hydrogens is 476 g/mol. The molecule has 1 aliphatic rings. The third-order valence-electron chi connectivity index (χ3n) is 6.80. The molecule has 0 spiro atoms. The van der Waals surface area contributed by atoms with Crippen LogP contribution in [0.2, 0.25) is 0 Å². The molecule has 0 N–H and O–H groups in total. The van der Waals surface area contributed by atoms with Gasteiger partial charge in [0.15, 0.2) is 0 Å². The van der Waals surface area contributed by atoms with Gasteiger partial charge in [0.25, 0.3) is 5.78 Å². The number of carbonyl (C=O) groups is 1. The highest BCUT2D eigenvalue weighted by Crippen LogP contribution is 2.24. The molecule has 3 rings (SSSR count). The van der Waals surface area contributed by atoms with E-state index in [0.717, 1.165) is 12.8 Å². The molecule has 2 atom stereocenters. The van der Waals surface area contributed by atoms with Crippen LogP contribution in [0.25, 0.3) is 0 Å². The minimum atomic E-state index is -1.03. The molecular formula is C33H46O5. The molecule has 1 heterocycles. The zero-order valence-electron chi connectivity index (χ0n) is 24.5. The highest BCUT2D eigenvalue weighted by atomic mass is 16.7. The zero-order chi connectivity index (χ0) is 27.9. The Balaban J connectivity index is 1.55. The van der Waals surface area contributed by atoms with Crippen molar-refractivity contribution in [3.63, 3.8) is 0 Å². The van der Waals surface area contributed by atoms with Crippen LogP contribution in [0.3, 0.4) is 0 Å². The summed E-state index contributed by atoms with van der Waals surface area (Å²) in [6.07, 6.45) is 2.02. The van der Waals surface area contributed by atoms with Gasteiger partial charge >= 0.3 is 0 Å². The Morgan fingerprint density at radius 3 is 1.53 bits per heavy atom. The van der Waals surface area contributed by atoms with E-state index in [9.17, 15) is 4.79 Å². The molecule has 0 saturated heterocycles. The quantitative estimate of drug-likeness (QED) is 0.278. The summed E-state index contributed by atoms with van der Waals surface area (Å²) in [5.41, 5.74) is 5.39. The van der Waals surface area contributed by atoms with Crippen LogP contribution in [-0.2, 0) is 47.4 Å². The van der Waals surface area contributed by atoms with Crippen LogP contribution >= 0.6 is 0 Å². The lowest BCUT2D eigenvalue weighted by Crippen LogP contribution is -2.32. The first-order valence-electron chi connectivity index (χ1n) is 13.7.